The van der Waals surface area contributed by atoms with Crippen molar-refractivity contribution in [3.63, 3.8) is 0 Å². The van der Waals surface area contributed by atoms with Crippen LogP contribution in [0.1, 0.15) is 6.42 Å². The smallest absolute Gasteiger partial charge is 0.147 e. The van der Waals surface area contributed by atoms with Crippen LogP contribution in [0.2, 0.25) is 0 Å². The minimum atomic E-state index is -2.85. The van der Waals surface area contributed by atoms with Crippen molar-refractivity contribution >= 4 is 9.84 Å². The van der Waals surface area contributed by atoms with Gasteiger partial charge in [0, 0.05) is 31.7 Å². The minimum Gasteiger partial charge on any atom is -0.374 e. The Hall–Kier alpha value is -0.920. The fraction of sp³-hybridized carbons (Fsp3) is 0.750. The van der Waals surface area contributed by atoms with Gasteiger partial charge in [0.1, 0.15) is 9.84 Å². The number of hydrogen-bond acceptors (Lipinski definition) is 5. The fourth-order valence-electron chi connectivity index (χ4n) is 2.26. The molecule has 1 aliphatic rings. The van der Waals surface area contributed by atoms with Gasteiger partial charge in [-0.05, 0) is 19.0 Å². The predicted octanol–water partition coefficient (Wildman–Crippen LogP) is 0.0186. The lowest BCUT2D eigenvalue weighted by Gasteiger charge is -2.32. The molecule has 0 radical (unpaired) electrons. The summed E-state index contributed by atoms with van der Waals surface area (Å²) in [7, 11) is -2.85. The van der Waals surface area contributed by atoms with Crippen molar-refractivity contribution in [2.75, 3.05) is 38.2 Å². The SMILES string of the molecule is CS(=O)(=O)CCCN1CCO[C@@H](Cn2cccn2)C1. The van der Waals surface area contributed by atoms with Crippen LogP contribution in [0.15, 0.2) is 18.5 Å². The second-order valence-electron chi connectivity index (χ2n) is 5.00. The Kier molecular flexibility index (Phi) is 4.95. The van der Waals surface area contributed by atoms with Crippen LogP contribution in [0.4, 0.5) is 0 Å². The van der Waals surface area contributed by atoms with Gasteiger partial charge in [-0.2, -0.15) is 5.10 Å². The molecule has 7 heteroatoms. The molecular formula is C12H21N3O3S. The van der Waals surface area contributed by atoms with Gasteiger partial charge in [0.15, 0.2) is 0 Å². The number of aromatic nitrogens is 2. The monoisotopic (exact) mass is 287 g/mol. The van der Waals surface area contributed by atoms with Crippen LogP contribution in [0, 0.1) is 0 Å². The van der Waals surface area contributed by atoms with Crippen molar-refractivity contribution in [1.82, 2.24) is 14.7 Å². The van der Waals surface area contributed by atoms with Gasteiger partial charge in [-0.25, -0.2) is 8.42 Å². The van der Waals surface area contributed by atoms with Crippen LogP contribution < -0.4 is 0 Å². The van der Waals surface area contributed by atoms with Gasteiger partial charge in [0.2, 0.25) is 0 Å². The molecule has 1 saturated heterocycles. The number of ether oxygens (including phenoxy) is 1. The molecule has 0 aliphatic carbocycles. The maximum Gasteiger partial charge on any atom is 0.147 e. The molecule has 0 N–H and O–H groups in total. The molecule has 1 aliphatic heterocycles. The van der Waals surface area contributed by atoms with Crippen molar-refractivity contribution in [3.05, 3.63) is 18.5 Å². The van der Waals surface area contributed by atoms with Crippen LogP contribution in [-0.2, 0) is 21.1 Å². The molecule has 19 heavy (non-hydrogen) atoms. The Morgan fingerprint density at radius 2 is 2.32 bits per heavy atom. The fourth-order valence-corrected chi connectivity index (χ4v) is 2.91. The summed E-state index contributed by atoms with van der Waals surface area (Å²) in [5.74, 6) is 0.258. The van der Waals surface area contributed by atoms with Gasteiger partial charge >= 0.3 is 0 Å². The summed E-state index contributed by atoms with van der Waals surface area (Å²) in [5.41, 5.74) is 0. The van der Waals surface area contributed by atoms with Crippen molar-refractivity contribution < 1.29 is 13.2 Å². The molecule has 0 bridgehead atoms. The van der Waals surface area contributed by atoms with E-state index in [-0.39, 0.29) is 11.9 Å². The lowest BCUT2D eigenvalue weighted by Crippen LogP contribution is -2.44. The molecular weight excluding hydrogens is 266 g/mol. The van der Waals surface area contributed by atoms with E-state index in [4.69, 9.17) is 4.74 Å². The number of sulfone groups is 1. The average Bonchev–Trinajstić information content (AvgIpc) is 2.80. The van der Waals surface area contributed by atoms with Gasteiger partial charge in [0.25, 0.3) is 0 Å². The Morgan fingerprint density at radius 1 is 1.47 bits per heavy atom. The normalized spacial score (nSPS) is 21.6. The average molecular weight is 287 g/mol. The molecule has 1 aromatic heterocycles. The highest BCUT2D eigenvalue weighted by Gasteiger charge is 2.20. The van der Waals surface area contributed by atoms with E-state index >= 15 is 0 Å². The van der Waals surface area contributed by atoms with E-state index in [2.05, 4.69) is 10.00 Å². The molecule has 108 valence electrons. The van der Waals surface area contributed by atoms with Crippen LogP contribution in [-0.4, -0.2) is 67.5 Å². The lowest BCUT2D eigenvalue weighted by atomic mass is 10.2. The molecule has 0 unspecified atom stereocenters. The molecule has 0 saturated carbocycles. The Bertz CT molecular complexity index is 472. The van der Waals surface area contributed by atoms with Gasteiger partial charge in [-0.15, -0.1) is 0 Å². The van der Waals surface area contributed by atoms with Crippen LogP contribution in [0.5, 0.6) is 0 Å². The van der Waals surface area contributed by atoms with Crippen LogP contribution >= 0.6 is 0 Å². The Morgan fingerprint density at radius 3 is 3.00 bits per heavy atom. The summed E-state index contributed by atoms with van der Waals surface area (Å²) in [6.07, 6.45) is 5.78. The maximum absolute atomic E-state index is 11.1. The summed E-state index contributed by atoms with van der Waals surface area (Å²) in [6.45, 7) is 3.97. The third kappa shape index (κ3) is 5.30. The molecule has 1 atom stereocenters. The number of morpholine rings is 1. The van der Waals surface area contributed by atoms with Crippen molar-refractivity contribution in [1.29, 1.82) is 0 Å². The van der Waals surface area contributed by atoms with E-state index in [1.54, 1.807) is 6.20 Å². The highest BCUT2D eigenvalue weighted by atomic mass is 32.2. The zero-order valence-corrected chi connectivity index (χ0v) is 12.1. The van der Waals surface area contributed by atoms with Gasteiger partial charge in [-0.1, -0.05) is 0 Å². The summed E-state index contributed by atoms with van der Waals surface area (Å²) < 4.78 is 29.8. The lowest BCUT2D eigenvalue weighted by molar-refractivity contribution is -0.0372. The van der Waals surface area contributed by atoms with E-state index in [1.165, 1.54) is 6.26 Å². The largest absolute Gasteiger partial charge is 0.374 e. The summed E-state index contributed by atoms with van der Waals surface area (Å²) in [4.78, 5) is 2.27. The number of rotatable bonds is 6. The summed E-state index contributed by atoms with van der Waals surface area (Å²) in [5, 5.41) is 4.17. The second kappa shape index (κ2) is 6.49. The first kappa shape index (κ1) is 14.5. The zero-order valence-electron chi connectivity index (χ0n) is 11.2. The van der Waals surface area contributed by atoms with Gasteiger partial charge < -0.3 is 4.74 Å². The predicted molar refractivity (Wildman–Crippen MR) is 72.7 cm³/mol. The van der Waals surface area contributed by atoms with Gasteiger partial charge in [0.05, 0.1) is 25.0 Å². The molecule has 1 aromatic rings. The molecule has 2 rings (SSSR count). The van der Waals surface area contributed by atoms with Crippen molar-refractivity contribution in [3.8, 4) is 0 Å². The topological polar surface area (TPSA) is 64.4 Å². The Balaban J connectivity index is 1.74. The first-order valence-corrected chi connectivity index (χ1v) is 8.58. The number of hydrogen-bond donors (Lipinski definition) is 0. The maximum atomic E-state index is 11.1. The van der Waals surface area contributed by atoms with Crippen molar-refractivity contribution in [2.24, 2.45) is 0 Å². The van der Waals surface area contributed by atoms with E-state index < -0.39 is 9.84 Å². The third-order valence-electron chi connectivity index (χ3n) is 3.16. The summed E-state index contributed by atoms with van der Waals surface area (Å²) >= 11 is 0. The van der Waals surface area contributed by atoms with Crippen molar-refractivity contribution in [2.45, 2.75) is 19.1 Å². The number of nitrogens with zero attached hydrogens (tertiary/aromatic N) is 3. The first-order chi connectivity index (χ1) is 9.03. The highest BCUT2D eigenvalue weighted by molar-refractivity contribution is 7.90. The standard InChI is InChI=1S/C12H21N3O3S/c1-19(16,17)9-3-5-14-7-8-18-12(10-14)11-15-6-2-4-13-15/h2,4,6,12H,3,5,7-11H2,1H3/t12-/m1/s1. The zero-order chi connectivity index (χ0) is 13.7. The van der Waals surface area contributed by atoms with E-state index in [0.29, 0.717) is 13.0 Å². The molecule has 0 amide bonds. The van der Waals surface area contributed by atoms with E-state index in [9.17, 15) is 8.42 Å². The van der Waals surface area contributed by atoms with Crippen LogP contribution in [0.25, 0.3) is 0 Å². The van der Waals surface area contributed by atoms with E-state index in [1.807, 2.05) is 16.9 Å². The summed E-state index contributed by atoms with van der Waals surface area (Å²) in [6, 6.07) is 1.90. The molecule has 0 spiro atoms. The third-order valence-corrected chi connectivity index (χ3v) is 4.19. The Labute approximate surface area is 114 Å². The molecule has 2 heterocycles. The van der Waals surface area contributed by atoms with Gasteiger partial charge in [-0.3, -0.25) is 9.58 Å². The molecule has 0 aromatic carbocycles. The minimum absolute atomic E-state index is 0.131. The van der Waals surface area contributed by atoms with E-state index in [0.717, 1.165) is 26.2 Å². The highest BCUT2D eigenvalue weighted by Crippen LogP contribution is 2.08. The molecule has 1 fully saturated rings. The van der Waals surface area contributed by atoms with Crippen LogP contribution in [0.3, 0.4) is 0 Å². The first-order valence-electron chi connectivity index (χ1n) is 6.52. The second-order valence-corrected chi connectivity index (χ2v) is 7.26. The quantitative estimate of drug-likeness (QED) is 0.738. The molecule has 6 nitrogen and oxygen atoms in total.